The van der Waals surface area contributed by atoms with E-state index in [9.17, 15) is 9.90 Å². The molecule has 16 heavy (non-hydrogen) atoms. The van der Waals surface area contributed by atoms with Crippen LogP contribution in [0.25, 0.3) is 0 Å². The van der Waals surface area contributed by atoms with Gasteiger partial charge in [-0.1, -0.05) is 19.3 Å². The molecule has 1 rings (SSSR count). The number of hydrogen-bond acceptors (Lipinski definition) is 3. The largest absolute Gasteiger partial charge is 0.479 e. The summed E-state index contributed by atoms with van der Waals surface area (Å²) < 4.78 is 5.55. The molecule has 0 unspecified atom stereocenters. The van der Waals surface area contributed by atoms with Crippen molar-refractivity contribution < 1.29 is 19.7 Å². The van der Waals surface area contributed by atoms with Gasteiger partial charge in [0.2, 0.25) is 0 Å². The molecule has 0 aromatic rings. The monoisotopic (exact) mass is 230 g/mol. The molecule has 0 amide bonds. The first-order valence-electron chi connectivity index (χ1n) is 6.19. The number of carboxylic acid groups (broad SMARTS) is 1. The summed E-state index contributed by atoms with van der Waals surface area (Å²) in [7, 11) is 0. The zero-order valence-corrected chi connectivity index (χ0v) is 9.78. The van der Waals surface area contributed by atoms with E-state index < -0.39 is 11.6 Å². The Morgan fingerprint density at radius 2 is 1.69 bits per heavy atom. The average Bonchev–Trinajstić information content (AvgIpc) is 2.21. The Morgan fingerprint density at radius 3 is 2.19 bits per heavy atom. The Kier molecular flexibility index (Phi) is 5.77. The predicted octanol–water partition coefficient (Wildman–Crippen LogP) is 1.95. The molecule has 0 radical (unpaired) electrons. The highest BCUT2D eigenvalue weighted by atomic mass is 16.5. The van der Waals surface area contributed by atoms with Crippen LogP contribution in [0.5, 0.6) is 0 Å². The van der Waals surface area contributed by atoms with E-state index in [2.05, 4.69) is 0 Å². The first-order valence-corrected chi connectivity index (χ1v) is 6.19. The third kappa shape index (κ3) is 3.76. The number of aliphatic hydroxyl groups excluding tert-OH is 1. The molecule has 0 saturated heterocycles. The lowest BCUT2D eigenvalue weighted by Crippen LogP contribution is -2.42. The van der Waals surface area contributed by atoms with Crippen molar-refractivity contribution in [3.63, 3.8) is 0 Å². The predicted molar refractivity (Wildman–Crippen MR) is 60.3 cm³/mol. The summed E-state index contributed by atoms with van der Waals surface area (Å²) in [5, 5.41) is 18.0. The highest BCUT2D eigenvalue weighted by molar-refractivity contribution is 5.77. The first kappa shape index (κ1) is 13.5. The van der Waals surface area contributed by atoms with E-state index in [0.29, 0.717) is 25.9 Å². The molecule has 1 aliphatic rings. The van der Waals surface area contributed by atoms with Gasteiger partial charge in [-0.2, -0.15) is 0 Å². The van der Waals surface area contributed by atoms with Crippen LogP contribution in [-0.4, -0.2) is 35.0 Å². The summed E-state index contributed by atoms with van der Waals surface area (Å²) in [5.41, 5.74) is -0.990. The zero-order chi connectivity index (χ0) is 11.9. The van der Waals surface area contributed by atoms with Gasteiger partial charge in [-0.05, 0) is 32.1 Å². The van der Waals surface area contributed by atoms with E-state index in [1.54, 1.807) is 0 Å². The lowest BCUT2D eigenvalue weighted by molar-refractivity contribution is -0.169. The van der Waals surface area contributed by atoms with Gasteiger partial charge in [0.05, 0.1) is 6.61 Å². The molecule has 0 spiro atoms. The van der Waals surface area contributed by atoms with Gasteiger partial charge in [0.1, 0.15) is 0 Å². The molecule has 1 fully saturated rings. The number of hydrogen-bond donors (Lipinski definition) is 2. The number of aliphatic hydroxyl groups is 1. The van der Waals surface area contributed by atoms with Crippen molar-refractivity contribution in [2.45, 2.75) is 57.0 Å². The normalized spacial score (nSPS) is 21.1. The lowest BCUT2D eigenvalue weighted by atomic mass is 9.87. The quantitative estimate of drug-likeness (QED) is 0.708. The minimum Gasteiger partial charge on any atom is -0.479 e. The summed E-state index contributed by atoms with van der Waals surface area (Å²) in [6.45, 7) is 0.387. The highest BCUT2D eigenvalue weighted by Gasteiger charge is 2.38. The van der Waals surface area contributed by atoms with Gasteiger partial charge in [-0.3, -0.25) is 0 Å². The molecular weight excluding hydrogens is 208 g/mol. The van der Waals surface area contributed by atoms with E-state index >= 15 is 0 Å². The standard InChI is InChI=1S/C12H22O4/c13-9-6-10-16-12(11(14)15)7-4-2-1-3-5-8-12/h13H,1-10H2,(H,14,15). The van der Waals surface area contributed by atoms with E-state index in [-0.39, 0.29) is 6.61 Å². The van der Waals surface area contributed by atoms with Gasteiger partial charge in [0.15, 0.2) is 5.60 Å². The Hall–Kier alpha value is -0.610. The van der Waals surface area contributed by atoms with Gasteiger partial charge in [0, 0.05) is 6.61 Å². The number of aliphatic carboxylic acids is 1. The van der Waals surface area contributed by atoms with Gasteiger partial charge in [-0.15, -0.1) is 0 Å². The molecule has 1 saturated carbocycles. The second kappa shape index (κ2) is 6.86. The molecule has 0 bridgehead atoms. The summed E-state index contributed by atoms with van der Waals surface area (Å²) >= 11 is 0. The van der Waals surface area contributed by atoms with Crippen LogP contribution in [0.4, 0.5) is 0 Å². The van der Waals surface area contributed by atoms with Crippen molar-refractivity contribution >= 4 is 5.97 Å². The fourth-order valence-electron chi connectivity index (χ4n) is 2.23. The summed E-state index contributed by atoms with van der Waals surface area (Å²) in [6.07, 6.45) is 6.95. The molecule has 0 heterocycles. The maximum atomic E-state index is 11.3. The first-order chi connectivity index (χ1) is 7.71. The fraction of sp³-hybridized carbons (Fsp3) is 0.917. The van der Waals surface area contributed by atoms with Crippen LogP contribution >= 0.6 is 0 Å². The number of carbonyl (C=O) groups is 1. The average molecular weight is 230 g/mol. The highest BCUT2D eigenvalue weighted by Crippen LogP contribution is 2.30. The second-order valence-corrected chi connectivity index (χ2v) is 4.49. The molecule has 94 valence electrons. The molecule has 0 aromatic carbocycles. The van der Waals surface area contributed by atoms with E-state index in [1.807, 2.05) is 0 Å². The maximum absolute atomic E-state index is 11.3. The SMILES string of the molecule is O=C(O)C1(OCCCO)CCCCCCC1. The van der Waals surface area contributed by atoms with Crippen molar-refractivity contribution in [2.24, 2.45) is 0 Å². The lowest BCUT2D eigenvalue weighted by Gasteiger charge is -2.31. The topological polar surface area (TPSA) is 66.8 Å². The Bertz CT molecular complexity index is 207. The second-order valence-electron chi connectivity index (χ2n) is 4.49. The van der Waals surface area contributed by atoms with Crippen LogP contribution in [0.3, 0.4) is 0 Å². The van der Waals surface area contributed by atoms with Crippen LogP contribution < -0.4 is 0 Å². The summed E-state index contributed by atoms with van der Waals surface area (Å²) in [5.74, 6) is -0.840. The van der Waals surface area contributed by atoms with Gasteiger partial charge in [-0.25, -0.2) is 4.79 Å². The Balaban J connectivity index is 2.56. The fourth-order valence-corrected chi connectivity index (χ4v) is 2.23. The maximum Gasteiger partial charge on any atom is 0.335 e. The molecule has 4 heteroatoms. The van der Waals surface area contributed by atoms with Gasteiger partial charge < -0.3 is 14.9 Å². The number of carboxylic acids is 1. The van der Waals surface area contributed by atoms with Gasteiger partial charge in [0.25, 0.3) is 0 Å². The van der Waals surface area contributed by atoms with Crippen LogP contribution in [0.15, 0.2) is 0 Å². The molecular formula is C12H22O4. The van der Waals surface area contributed by atoms with E-state index in [4.69, 9.17) is 9.84 Å². The number of rotatable bonds is 5. The zero-order valence-electron chi connectivity index (χ0n) is 9.78. The third-order valence-corrected chi connectivity index (χ3v) is 3.23. The Labute approximate surface area is 96.6 Å². The third-order valence-electron chi connectivity index (χ3n) is 3.23. The summed E-state index contributed by atoms with van der Waals surface area (Å²) in [6, 6.07) is 0. The molecule has 1 aliphatic carbocycles. The van der Waals surface area contributed by atoms with Crippen LogP contribution in [0, 0.1) is 0 Å². The molecule has 0 aromatic heterocycles. The minimum absolute atomic E-state index is 0.0513. The molecule has 0 aliphatic heterocycles. The van der Waals surface area contributed by atoms with Crippen molar-refractivity contribution in [1.82, 2.24) is 0 Å². The van der Waals surface area contributed by atoms with E-state index in [0.717, 1.165) is 25.7 Å². The van der Waals surface area contributed by atoms with Crippen molar-refractivity contribution in [1.29, 1.82) is 0 Å². The van der Waals surface area contributed by atoms with Crippen LogP contribution in [-0.2, 0) is 9.53 Å². The Morgan fingerprint density at radius 1 is 1.12 bits per heavy atom. The smallest absolute Gasteiger partial charge is 0.335 e. The van der Waals surface area contributed by atoms with E-state index in [1.165, 1.54) is 6.42 Å². The molecule has 0 atom stereocenters. The van der Waals surface area contributed by atoms with Crippen LogP contribution in [0.1, 0.15) is 51.4 Å². The van der Waals surface area contributed by atoms with Crippen molar-refractivity contribution in [3.8, 4) is 0 Å². The van der Waals surface area contributed by atoms with Gasteiger partial charge >= 0.3 is 5.97 Å². The summed E-state index contributed by atoms with van der Waals surface area (Å²) in [4.78, 5) is 11.3. The van der Waals surface area contributed by atoms with Crippen molar-refractivity contribution in [2.75, 3.05) is 13.2 Å². The van der Waals surface area contributed by atoms with Crippen molar-refractivity contribution in [3.05, 3.63) is 0 Å². The minimum atomic E-state index is -0.990. The molecule has 4 nitrogen and oxygen atoms in total. The number of ether oxygens (including phenoxy) is 1. The molecule has 2 N–H and O–H groups in total. The van der Waals surface area contributed by atoms with Crippen LogP contribution in [0.2, 0.25) is 0 Å².